The third-order valence-corrected chi connectivity index (χ3v) is 4.64. The zero-order valence-corrected chi connectivity index (χ0v) is 15.7. The number of nitrogens with one attached hydrogen (secondary N) is 1. The second-order valence-corrected chi connectivity index (χ2v) is 6.73. The molecule has 0 radical (unpaired) electrons. The summed E-state index contributed by atoms with van der Waals surface area (Å²) in [5.41, 5.74) is 1.95. The van der Waals surface area contributed by atoms with Gasteiger partial charge in [0.1, 0.15) is 5.82 Å². The monoisotopic (exact) mass is 383 g/mol. The molecule has 146 valence electrons. The highest BCUT2D eigenvalue weighted by molar-refractivity contribution is 5.95. The van der Waals surface area contributed by atoms with Gasteiger partial charge in [-0.2, -0.15) is 0 Å². The molecule has 2 aromatic carbocycles. The molecule has 6 nitrogen and oxygen atoms in total. The molecule has 1 fully saturated rings. The van der Waals surface area contributed by atoms with Crippen molar-refractivity contribution in [2.24, 2.45) is 0 Å². The number of amides is 3. The molecule has 0 saturated carbocycles. The highest BCUT2D eigenvalue weighted by Crippen LogP contribution is 2.14. The number of nitrogens with zero attached hydrogens (tertiary/aromatic N) is 2. The van der Waals surface area contributed by atoms with E-state index >= 15 is 0 Å². The Morgan fingerprint density at radius 3 is 2.04 bits per heavy atom. The first-order valence-electron chi connectivity index (χ1n) is 9.11. The number of carbonyl (C=O) groups is 3. The fourth-order valence-corrected chi connectivity index (χ4v) is 3.13. The Morgan fingerprint density at radius 1 is 0.893 bits per heavy atom. The van der Waals surface area contributed by atoms with Crippen LogP contribution in [-0.4, -0.2) is 53.7 Å². The van der Waals surface area contributed by atoms with Crippen LogP contribution in [0.3, 0.4) is 0 Å². The van der Waals surface area contributed by atoms with Crippen molar-refractivity contribution in [3.8, 4) is 0 Å². The Morgan fingerprint density at radius 2 is 1.46 bits per heavy atom. The maximum absolute atomic E-state index is 13.0. The Bertz CT molecular complexity index is 857. The Balaban J connectivity index is 1.52. The summed E-state index contributed by atoms with van der Waals surface area (Å²) in [6.07, 6.45) is 0.221. The summed E-state index contributed by atoms with van der Waals surface area (Å²) in [7, 11) is 0. The van der Waals surface area contributed by atoms with Crippen LogP contribution in [0, 0.1) is 5.82 Å². The van der Waals surface area contributed by atoms with Crippen molar-refractivity contribution in [1.29, 1.82) is 0 Å². The minimum Gasteiger partial charge on any atom is -0.339 e. The fourth-order valence-electron chi connectivity index (χ4n) is 3.13. The van der Waals surface area contributed by atoms with Gasteiger partial charge in [-0.1, -0.05) is 12.1 Å². The van der Waals surface area contributed by atoms with E-state index in [0.717, 1.165) is 5.56 Å². The quantitative estimate of drug-likeness (QED) is 0.881. The molecule has 7 heteroatoms. The molecule has 0 unspecified atom stereocenters. The maximum Gasteiger partial charge on any atom is 0.253 e. The summed E-state index contributed by atoms with van der Waals surface area (Å²) >= 11 is 0. The van der Waals surface area contributed by atoms with Gasteiger partial charge in [-0.15, -0.1) is 0 Å². The van der Waals surface area contributed by atoms with Gasteiger partial charge in [0.25, 0.3) is 5.91 Å². The van der Waals surface area contributed by atoms with Gasteiger partial charge >= 0.3 is 0 Å². The molecule has 2 aromatic rings. The van der Waals surface area contributed by atoms with Crippen molar-refractivity contribution in [3.63, 3.8) is 0 Å². The van der Waals surface area contributed by atoms with Crippen LogP contribution in [-0.2, 0) is 16.0 Å². The van der Waals surface area contributed by atoms with Crippen LogP contribution in [0.5, 0.6) is 0 Å². The molecule has 3 amide bonds. The minimum atomic E-state index is -0.326. The number of benzene rings is 2. The van der Waals surface area contributed by atoms with Gasteiger partial charge < -0.3 is 15.1 Å². The molecule has 1 heterocycles. The first kappa shape index (κ1) is 19.5. The summed E-state index contributed by atoms with van der Waals surface area (Å²) in [6, 6.07) is 12.6. The van der Waals surface area contributed by atoms with E-state index in [-0.39, 0.29) is 30.0 Å². The van der Waals surface area contributed by atoms with E-state index in [1.807, 2.05) is 0 Å². The summed E-state index contributed by atoms with van der Waals surface area (Å²) in [5.74, 6) is -0.618. The Kier molecular flexibility index (Phi) is 6.03. The topological polar surface area (TPSA) is 69.7 Å². The average Bonchev–Trinajstić information content (AvgIpc) is 2.69. The molecule has 1 aliphatic heterocycles. The largest absolute Gasteiger partial charge is 0.339 e. The molecule has 0 bridgehead atoms. The lowest BCUT2D eigenvalue weighted by Gasteiger charge is -2.35. The van der Waals surface area contributed by atoms with Gasteiger partial charge in [-0.05, 0) is 42.0 Å². The molecule has 0 atom stereocenters. The Hall–Kier alpha value is -3.22. The van der Waals surface area contributed by atoms with Crippen LogP contribution in [0.4, 0.5) is 10.1 Å². The van der Waals surface area contributed by atoms with Crippen LogP contribution in [0.2, 0.25) is 0 Å². The third kappa shape index (κ3) is 4.94. The Labute approximate surface area is 162 Å². The van der Waals surface area contributed by atoms with Crippen LogP contribution in [0.1, 0.15) is 22.8 Å². The van der Waals surface area contributed by atoms with E-state index in [4.69, 9.17) is 0 Å². The number of halogens is 1. The van der Waals surface area contributed by atoms with Crippen molar-refractivity contribution >= 4 is 23.4 Å². The summed E-state index contributed by atoms with van der Waals surface area (Å²) < 4.78 is 13.0. The molecule has 1 N–H and O–H groups in total. The van der Waals surface area contributed by atoms with Gasteiger partial charge in [-0.25, -0.2) is 4.39 Å². The van der Waals surface area contributed by atoms with Gasteiger partial charge in [0.05, 0.1) is 6.42 Å². The maximum atomic E-state index is 13.0. The number of piperazine rings is 1. The predicted molar refractivity (Wildman–Crippen MR) is 103 cm³/mol. The third-order valence-electron chi connectivity index (χ3n) is 4.64. The second kappa shape index (κ2) is 8.65. The van der Waals surface area contributed by atoms with E-state index in [1.54, 1.807) is 46.2 Å². The van der Waals surface area contributed by atoms with Crippen molar-refractivity contribution in [1.82, 2.24) is 9.80 Å². The normalized spacial score (nSPS) is 13.9. The first-order valence-corrected chi connectivity index (χ1v) is 9.11. The number of carbonyl (C=O) groups excluding carboxylic acids is 3. The number of anilines is 1. The van der Waals surface area contributed by atoms with E-state index in [9.17, 15) is 18.8 Å². The van der Waals surface area contributed by atoms with E-state index < -0.39 is 0 Å². The molecule has 0 aromatic heterocycles. The molecular weight excluding hydrogens is 361 g/mol. The number of hydrogen-bond donors (Lipinski definition) is 1. The standard InChI is InChI=1S/C21H22FN3O3/c1-15(26)23-19-8-4-17(5-9-19)21(28)25-12-10-24(11-13-25)20(27)14-16-2-6-18(22)7-3-16/h2-9H,10-14H2,1H3,(H,23,26). The highest BCUT2D eigenvalue weighted by Gasteiger charge is 2.24. The number of hydrogen-bond acceptors (Lipinski definition) is 3. The molecule has 1 aliphatic rings. The zero-order valence-electron chi connectivity index (χ0n) is 15.7. The zero-order chi connectivity index (χ0) is 20.1. The van der Waals surface area contributed by atoms with E-state index in [2.05, 4.69) is 5.32 Å². The van der Waals surface area contributed by atoms with E-state index in [0.29, 0.717) is 37.4 Å². The molecule has 1 saturated heterocycles. The van der Waals surface area contributed by atoms with Crippen LogP contribution < -0.4 is 5.32 Å². The molecule has 28 heavy (non-hydrogen) atoms. The smallest absolute Gasteiger partial charge is 0.253 e. The lowest BCUT2D eigenvalue weighted by molar-refractivity contribution is -0.131. The lowest BCUT2D eigenvalue weighted by Crippen LogP contribution is -2.51. The lowest BCUT2D eigenvalue weighted by atomic mass is 10.1. The SMILES string of the molecule is CC(=O)Nc1ccc(C(=O)N2CCN(C(=O)Cc3ccc(F)cc3)CC2)cc1. The molecule has 0 spiro atoms. The van der Waals surface area contributed by atoms with Crippen LogP contribution in [0.25, 0.3) is 0 Å². The van der Waals surface area contributed by atoms with Gasteiger partial charge in [0.2, 0.25) is 11.8 Å². The fraction of sp³-hybridized carbons (Fsp3) is 0.286. The van der Waals surface area contributed by atoms with Gasteiger partial charge in [0.15, 0.2) is 0 Å². The van der Waals surface area contributed by atoms with Crippen molar-refractivity contribution < 1.29 is 18.8 Å². The van der Waals surface area contributed by atoms with Gasteiger partial charge in [0, 0.05) is 44.4 Å². The van der Waals surface area contributed by atoms with Crippen LogP contribution in [0.15, 0.2) is 48.5 Å². The minimum absolute atomic E-state index is 0.0293. The summed E-state index contributed by atoms with van der Waals surface area (Å²) in [6.45, 7) is 3.28. The van der Waals surface area contributed by atoms with Gasteiger partial charge in [-0.3, -0.25) is 14.4 Å². The average molecular weight is 383 g/mol. The van der Waals surface area contributed by atoms with Crippen molar-refractivity contribution in [2.75, 3.05) is 31.5 Å². The number of rotatable bonds is 4. The summed E-state index contributed by atoms with van der Waals surface area (Å²) in [4.78, 5) is 39.6. The van der Waals surface area contributed by atoms with E-state index in [1.165, 1.54) is 19.1 Å². The molecule has 3 rings (SSSR count). The second-order valence-electron chi connectivity index (χ2n) is 6.73. The predicted octanol–water partition coefficient (Wildman–Crippen LogP) is 2.31. The highest BCUT2D eigenvalue weighted by atomic mass is 19.1. The molecular formula is C21H22FN3O3. The van der Waals surface area contributed by atoms with Crippen molar-refractivity contribution in [2.45, 2.75) is 13.3 Å². The van der Waals surface area contributed by atoms with Crippen LogP contribution >= 0.6 is 0 Å². The first-order chi connectivity index (χ1) is 13.4. The van der Waals surface area contributed by atoms with Crippen molar-refractivity contribution in [3.05, 3.63) is 65.5 Å². The molecule has 0 aliphatic carbocycles. The summed E-state index contributed by atoms with van der Waals surface area (Å²) in [5, 5.41) is 2.66.